The van der Waals surface area contributed by atoms with Crippen molar-refractivity contribution in [1.29, 1.82) is 0 Å². The van der Waals surface area contributed by atoms with Crippen molar-refractivity contribution in [2.75, 3.05) is 72.3 Å². The number of halogens is 1. The number of methoxy groups -OCH3 is 3. The Hall–Kier alpha value is -11.2. The molecule has 2 saturated carbocycles. The van der Waals surface area contributed by atoms with Gasteiger partial charge in [-0.15, -0.1) is 52.2 Å². The number of likely N-dealkylation sites (N-methyl/N-ethyl adjacent to an activating group) is 1. The smallest absolute Gasteiger partial charge is 0.409 e. The molecule has 9 N–H and O–H groups in total. The number of imide groups is 1. The number of allylic oxidation sites excluding steroid dienone is 3. The van der Waals surface area contributed by atoms with Crippen LogP contribution < -0.4 is 25.6 Å². The van der Waals surface area contributed by atoms with Gasteiger partial charge in [0.05, 0.1) is 66.6 Å². The number of alkyl carbamates (subject to hydrolysis) is 1. The molecule has 12 atom stereocenters. The number of aliphatic hydroxyl groups excluding tert-OH is 1. The zero-order valence-corrected chi connectivity index (χ0v) is 84.6. The number of rotatable bonds is 32. The van der Waals surface area contributed by atoms with Crippen LogP contribution in [0.25, 0.3) is 0 Å². The summed E-state index contributed by atoms with van der Waals surface area (Å²) in [6, 6.07) is 24.6. The van der Waals surface area contributed by atoms with Gasteiger partial charge in [0.2, 0.25) is 35.4 Å². The molecule has 2 aliphatic carbocycles. The predicted molar refractivity (Wildman–Crippen MR) is 475 cm³/mol. The van der Waals surface area contributed by atoms with E-state index < -0.39 is 122 Å². The molecule has 3 saturated heterocycles. The number of ether oxygens (including phenoxy) is 6. The largest absolute Gasteiger partial charge is 0.495 e. The summed E-state index contributed by atoms with van der Waals surface area (Å²) >= 11 is 8.07. The zero-order valence-electron chi connectivity index (χ0n) is 77.1. The number of likely N-dealkylation sites (tertiary alicyclic amines) is 1. The minimum atomic E-state index is -1.91. The Morgan fingerprint density at radius 3 is 1.74 bits per heavy atom. The van der Waals surface area contributed by atoms with Crippen LogP contribution in [0.15, 0.2) is 134 Å². The summed E-state index contributed by atoms with van der Waals surface area (Å²) < 4.78 is 35.0. The van der Waals surface area contributed by atoms with Crippen LogP contribution in [-0.4, -0.2) is 271 Å². The van der Waals surface area contributed by atoms with Crippen molar-refractivity contribution in [1.82, 2.24) is 55.5 Å². The quantitative estimate of drug-likeness (QED) is 0.00302. The van der Waals surface area contributed by atoms with Gasteiger partial charge in [0.15, 0.2) is 5.72 Å². The van der Waals surface area contributed by atoms with Crippen molar-refractivity contribution in [3.8, 4) is 5.75 Å². The second-order valence-electron chi connectivity index (χ2n) is 33.5. The molecule has 736 valence electrons. The second kappa shape index (κ2) is 56.5. The number of hydrogen-bond donors (Lipinski definition) is 9. The second-order valence-corrected chi connectivity index (χ2v) is 35.2. The molecule has 4 aromatic heterocycles. The van der Waals surface area contributed by atoms with Crippen LogP contribution in [0.1, 0.15) is 140 Å². The molecule has 0 spiro atoms. The summed E-state index contributed by atoms with van der Waals surface area (Å²) in [4.78, 5) is 185. The van der Waals surface area contributed by atoms with Gasteiger partial charge in [0.1, 0.15) is 46.8 Å². The number of pyridine rings is 4. The molecule has 45 nitrogen and oxygen atoms in total. The number of anilines is 1. The summed E-state index contributed by atoms with van der Waals surface area (Å²) in [5, 5.41) is 87.1. The summed E-state index contributed by atoms with van der Waals surface area (Å²) in [5.74, 6) is -4.68. The van der Waals surface area contributed by atoms with Crippen LogP contribution in [0.2, 0.25) is 5.02 Å². The Balaban J connectivity index is 0.00000168. The van der Waals surface area contributed by atoms with Crippen molar-refractivity contribution < 1.29 is 162 Å². The summed E-state index contributed by atoms with van der Waals surface area (Å²) in [6.07, 6.45) is 10.4. The molecule has 8 heterocycles. The van der Waals surface area contributed by atoms with Crippen molar-refractivity contribution >= 4 is 82.5 Å². The fourth-order valence-corrected chi connectivity index (χ4v) is 18.6. The third kappa shape index (κ3) is 36.7. The third-order valence-corrected chi connectivity index (χ3v) is 25.6. The summed E-state index contributed by atoms with van der Waals surface area (Å²) in [5.41, 5.74) is 2.21. The maximum atomic E-state index is 14.6. The molecule has 49 heteroatoms. The number of carbonyl (C=O) groups excluding carboxylic acids is 9. The Morgan fingerprint density at radius 2 is 1.26 bits per heavy atom. The number of benzene rings is 1. The number of carbonyl (C=O) groups is 9. The minimum Gasteiger partial charge on any atom is -0.495 e. The van der Waals surface area contributed by atoms with E-state index in [0.717, 1.165) is 33.9 Å². The molecule has 5 aromatic rings. The van der Waals surface area contributed by atoms with Crippen LogP contribution >= 0.6 is 23.4 Å². The van der Waals surface area contributed by atoms with Crippen LogP contribution in [0.5, 0.6) is 5.75 Å². The number of thioether (sulfide) groups is 1. The van der Waals surface area contributed by atoms with E-state index in [9.17, 15) is 53.4 Å². The first-order valence-electron chi connectivity index (χ1n) is 43.1. The van der Waals surface area contributed by atoms with Crippen molar-refractivity contribution in [3.63, 3.8) is 0 Å². The number of nitrogens with zero attached hydrogens (tertiary/aromatic N) is 13. The summed E-state index contributed by atoms with van der Waals surface area (Å²) in [7, 11) is 7.17. The number of fused-ring (bicyclic) bond motifs is 5. The van der Waals surface area contributed by atoms with E-state index in [0.29, 0.717) is 102 Å². The molecule has 5 unspecified atom stereocenters. The minimum absolute atomic E-state index is 0. The zero-order chi connectivity index (χ0) is 98.7. The van der Waals surface area contributed by atoms with Gasteiger partial charge in [-0.05, 0) is 168 Å². The first-order valence-corrected chi connectivity index (χ1v) is 44.5. The molecule has 0 radical (unpaired) electrons. The standard InChI is InChI=1S/C87H113ClN12O17S.4HNO3.2Zn/c1-54-20-18-25-72(113-8)87(111)46-70(115-85(110)95-87)55(2)80-86(4,117-80)73(45-76(103)97(6)68-42-58(38-54)43-69(112-7)78(68)88)116-83(108)56(3)96(5)75(102)31-37-118-71-44-77(104)100(82(71)107)47-57-27-29-60(30-28-57)81(106)93-36-19-26-74(101)94-67(84(109)114-9)41-59-39-61(48-98(50-63-21-10-14-32-89-63)51-64-22-11-15-33-90-64)79(105)62(40-59)49-99(52-65-23-12-16-34-91-65)53-66-24-13-17-35-92-66;4*2-1(3)4;;/h10-18,20-25,32-35,42-43,55-57,59-62,67,70-73,79-80,105,111H,19,26-31,36-41,44-53H2,1-9H3,(H,93,106)(H,94,101)(H,95,110);4*(H,2,3,4);;/b25-18+,54-20+;;;;;;/t55-,56+,57?,59?,60?,61?,62?,67?,70+,71?,72-,73?,79?,80+,86-,87+;;;;;;/m1....../s1. The van der Waals surface area contributed by atoms with Crippen LogP contribution in [-0.2, 0) is 134 Å². The Labute approximate surface area is 818 Å². The number of aliphatic hydroxyl groups is 2. The maximum absolute atomic E-state index is 14.6. The van der Waals surface area contributed by atoms with Gasteiger partial charge in [0.25, 0.3) is 20.3 Å². The Bertz CT molecular complexity index is 4600. The average molecular weight is 2050 g/mol. The Kier molecular flexibility index (Phi) is 47.9. The van der Waals surface area contributed by atoms with Crippen molar-refractivity contribution in [2.45, 2.75) is 203 Å². The molecular formula is C87H117ClN16O29SZn2. The van der Waals surface area contributed by atoms with E-state index in [2.05, 4.69) is 45.7 Å². The van der Waals surface area contributed by atoms with Crippen molar-refractivity contribution in [2.24, 2.45) is 35.5 Å². The van der Waals surface area contributed by atoms with Crippen LogP contribution in [0.4, 0.5) is 10.5 Å². The van der Waals surface area contributed by atoms with E-state index >= 15 is 0 Å². The predicted octanol–water partition coefficient (Wildman–Crippen LogP) is 7.11. The van der Waals surface area contributed by atoms with E-state index in [1.54, 1.807) is 70.0 Å². The number of esters is 2. The van der Waals surface area contributed by atoms with Gasteiger partial charge in [0, 0.05) is 181 Å². The van der Waals surface area contributed by atoms with Gasteiger partial charge in [-0.2, -0.15) is 0 Å². The number of epoxide rings is 1. The van der Waals surface area contributed by atoms with Crippen LogP contribution in [0, 0.1) is 76.0 Å². The van der Waals surface area contributed by atoms with Gasteiger partial charge in [-0.3, -0.25) is 68.7 Å². The fraction of sp³-hybridized carbons (Fsp3) is 0.552. The van der Waals surface area contributed by atoms with E-state index in [-0.39, 0.29) is 148 Å². The summed E-state index contributed by atoms with van der Waals surface area (Å²) in [6.45, 7) is 10.3. The third-order valence-electron chi connectivity index (χ3n) is 24.0. The Morgan fingerprint density at radius 1 is 0.743 bits per heavy atom. The number of hydrogen-bond acceptors (Lipinski definition) is 32. The topological polar surface area (TPSA) is 610 Å². The molecule has 5 fully saturated rings. The van der Waals surface area contributed by atoms with Gasteiger partial charge in [-0.25, -0.2) is 14.4 Å². The van der Waals surface area contributed by atoms with E-state index in [1.165, 1.54) is 61.8 Å². The van der Waals surface area contributed by atoms with E-state index in [1.807, 2.05) is 85.8 Å². The fourth-order valence-electron chi connectivity index (χ4n) is 17.2. The number of amides is 7. The van der Waals surface area contributed by atoms with Crippen molar-refractivity contribution in [3.05, 3.63) is 207 Å². The molecule has 11 rings (SSSR count). The van der Waals surface area contributed by atoms with Crippen LogP contribution in [0.3, 0.4) is 0 Å². The van der Waals surface area contributed by atoms with E-state index in [4.69, 9.17) is 101 Å². The SMILES string of the molecule is COC(=O)C(CC1CC(CN(Cc2ccccn2)Cc2ccccn2)C(O)C(CN(Cc2ccccn2)Cc2ccccn2)C1)NC(=O)CCCNC(=O)C1CCC(CN2C(=O)CC(SCCC(=O)N(C)[C@@H](C)C(=O)OC3CC(=O)N(C)c4cc(cc(OC)c4Cl)C/C(C)=C/C=C/[C@@H](OC)[C@@]4(O)C[C@H](OC(=O)N4)[C@@H](C)[C@@H]4O[C@]34C)C2=O)CC1.O=[N+]([O-])O.O=[N+]([O-])O.O=[N+]([O-])O.O=[N+]([O-])O.[Zn].[Zn]. The molecular weight excluding hydrogens is 1930 g/mol. The molecule has 6 aliphatic rings. The van der Waals surface area contributed by atoms with Gasteiger partial charge >= 0.3 is 18.0 Å². The molecule has 136 heavy (non-hydrogen) atoms. The van der Waals surface area contributed by atoms with Gasteiger partial charge < -0.3 is 79.9 Å². The monoisotopic (exact) mass is 2040 g/mol. The number of nitrogens with one attached hydrogen (secondary N) is 3. The normalized spacial score (nSPS) is 24.4. The first-order chi connectivity index (χ1) is 63.5. The first kappa shape index (κ1) is 115. The average Bonchev–Trinajstić information content (AvgIpc) is 1.57. The molecule has 7 amide bonds. The molecule has 4 aliphatic heterocycles. The van der Waals surface area contributed by atoms with Gasteiger partial charge in [-0.1, -0.05) is 66.6 Å². The molecule has 4 bridgehead atoms. The molecule has 1 aromatic carbocycles. The maximum Gasteiger partial charge on any atom is 0.409 e. The number of aromatic nitrogens is 4.